The van der Waals surface area contributed by atoms with Crippen LogP contribution in [-0.4, -0.2) is 64.4 Å². The highest BCUT2D eigenvalue weighted by molar-refractivity contribution is 7.89. The molecule has 33 heavy (non-hydrogen) atoms. The Kier molecular flexibility index (Phi) is 9.21. The van der Waals surface area contributed by atoms with Crippen molar-refractivity contribution >= 4 is 45.1 Å². The zero-order valence-electron chi connectivity index (χ0n) is 18.3. The molecule has 178 valence electrons. The molecule has 12 heteroatoms. The topological polar surface area (TPSA) is 131 Å². The molecule has 0 aliphatic rings. The first-order valence-corrected chi connectivity index (χ1v) is 11.5. The minimum Gasteiger partial charge on any atom is -0.494 e. The van der Waals surface area contributed by atoms with Gasteiger partial charge in [0.05, 0.1) is 22.2 Å². The van der Waals surface area contributed by atoms with Gasteiger partial charge in [0.1, 0.15) is 12.3 Å². The number of amides is 2. The number of carbonyl (C=O) groups is 3. The fourth-order valence-electron chi connectivity index (χ4n) is 2.48. The van der Waals surface area contributed by atoms with Gasteiger partial charge in [0.2, 0.25) is 10.0 Å². The molecule has 0 heterocycles. The molecule has 0 atom stereocenters. The molecular formula is C21H24ClN3O7S. The molecule has 0 unspecified atom stereocenters. The third-order valence-electron chi connectivity index (χ3n) is 4.18. The van der Waals surface area contributed by atoms with Crippen LogP contribution in [-0.2, 0) is 24.3 Å². The lowest BCUT2D eigenvalue weighted by atomic mass is 10.2. The van der Waals surface area contributed by atoms with Crippen LogP contribution in [0.2, 0.25) is 5.02 Å². The van der Waals surface area contributed by atoms with Crippen molar-refractivity contribution in [1.29, 1.82) is 0 Å². The fraction of sp³-hybridized carbons (Fsp3) is 0.286. The Morgan fingerprint density at radius 1 is 1.06 bits per heavy atom. The molecule has 0 bridgehead atoms. The van der Waals surface area contributed by atoms with Crippen molar-refractivity contribution in [2.24, 2.45) is 0 Å². The number of nitrogens with zero attached hydrogens (tertiary/aromatic N) is 1. The molecule has 2 rings (SSSR count). The van der Waals surface area contributed by atoms with E-state index < -0.39 is 41.0 Å². The van der Waals surface area contributed by atoms with Gasteiger partial charge in [0.25, 0.3) is 11.8 Å². The average molecular weight is 498 g/mol. The minimum absolute atomic E-state index is 0.0458. The number of hydrogen-bond acceptors (Lipinski definition) is 7. The normalized spacial score (nSPS) is 11.1. The van der Waals surface area contributed by atoms with Gasteiger partial charge in [-0.3, -0.25) is 14.4 Å². The van der Waals surface area contributed by atoms with Gasteiger partial charge < -0.3 is 20.1 Å². The molecular weight excluding hydrogens is 474 g/mol. The summed E-state index contributed by atoms with van der Waals surface area (Å²) in [6.45, 7) is 1.24. The minimum atomic E-state index is -3.73. The zero-order chi connectivity index (χ0) is 24.6. The van der Waals surface area contributed by atoms with Gasteiger partial charge in [-0.2, -0.15) is 0 Å². The van der Waals surface area contributed by atoms with Gasteiger partial charge >= 0.3 is 5.97 Å². The summed E-state index contributed by atoms with van der Waals surface area (Å²) in [5.74, 6) is -1.45. The summed E-state index contributed by atoms with van der Waals surface area (Å²) in [6.07, 6.45) is 0. The first-order chi connectivity index (χ1) is 15.5. The number of halogens is 1. The molecule has 0 saturated carbocycles. The van der Waals surface area contributed by atoms with Crippen LogP contribution in [0.15, 0.2) is 47.4 Å². The van der Waals surface area contributed by atoms with E-state index >= 15 is 0 Å². The Balaban J connectivity index is 1.86. The Labute approximate surface area is 196 Å². The van der Waals surface area contributed by atoms with Crippen molar-refractivity contribution in [1.82, 2.24) is 9.62 Å². The third kappa shape index (κ3) is 7.45. The van der Waals surface area contributed by atoms with Crippen molar-refractivity contribution < 1.29 is 32.3 Å². The highest BCUT2D eigenvalue weighted by atomic mass is 35.5. The smallest absolute Gasteiger partial charge is 0.325 e. The first-order valence-electron chi connectivity index (χ1n) is 9.73. The van der Waals surface area contributed by atoms with Gasteiger partial charge in [-0.05, 0) is 49.4 Å². The molecule has 0 aromatic heterocycles. The lowest BCUT2D eigenvalue weighted by molar-refractivity contribution is -0.146. The van der Waals surface area contributed by atoms with Crippen LogP contribution in [0.25, 0.3) is 0 Å². The number of ether oxygens (including phenoxy) is 2. The Bertz CT molecular complexity index is 1120. The van der Waals surface area contributed by atoms with Crippen LogP contribution in [0.5, 0.6) is 5.75 Å². The summed E-state index contributed by atoms with van der Waals surface area (Å²) in [6, 6.07) is 10.2. The Morgan fingerprint density at radius 3 is 2.33 bits per heavy atom. The van der Waals surface area contributed by atoms with Gasteiger partial charge in [-0.15, -0.1) is 0 Å². The monoisotopic (exact) mass is 497 g/mol. The predicted molar refractivity (Wildman–Crippen MR) is 122 cm³/mol. The van der Waals surface area contributed by atoms with Crippen LogP contribution < -0.4 is 15.4 Å². The standard InChI is InChI=1S/C21H24ClN3O7S/c1-4-31-15-7-5-14(6-8-15)21(28)23-12-20(27)32-13-19(26)24-18-11-16(9-10-17(18)22)33(29,30)25(2)3/h5-11H,4,12-13H2,1-3H3,(H,23,28)(H,24,26). The van der Waals surface area contributed by atoms with E-state index in [-0.39, 0.29) is 15.6 Å². The van der Waals surface area contributed by atoms with Crippen LogP contribution in [0.3, 0.4) is 0 Å². The van der Waals surface area contributed by atoms with Crippen LogP contribution in [0.1, 0.15) is 17.3 Å². The summed E-state index contributed by atoms with van der Waals surface area (Å²) in [4.78, 5) is 36.0. The van der Waals surface area contributed by atoms with Crippen molar-refractivity contribution in [3.63, 3.8) is 0 Å². The molecule has 2 aromatic carbocycles. The molecule has 0 aliphatic heterocycles. The van der Waals surface area contributed by atoms with E-state index in [2.05, 4.69) is 10.6 Å². The van der Waals surface area contributed by atoms with Crippen LogP contribution >= 0.6 is 11.6 Å². The van der Waals surface area contributed by atoms with E-state index in [1.54, 1.807) is 24.3 Å². The van der Waals surface area contributed by atoms with Crippen molar-refractivity contribution in [2.75, 3.05) is 39.2 Å². The molecule has 2 amide bonds. The number of benzene rings is 2. The highest BCUT2D eigenvalue weighted by Crippen LogP contribution is 2.26. The quantitative estimate of drug-likeness (QED) is 0.479. The van der Waals surface area contributed by atoms with Gasteiger partial charge in [0.15, 0.2) is 6.61 Å². The molecule has 0 saturated heterocycles. The van der Waals surface area contributed by atoms with E-state index in [4.69, 9.17) is 21.1 Å². The largest absolute Gasteiger partial charge is 0.494 e. The molecule has 2 aromatic rings. The number of anilines is 1. The second-order valence-corrected chi connectivity index (χ2v) is 9.34. The number of esters is 1. The van der Waals surface area contributed by atoms with E-state index in [9.17, 15) is 22.8 Å². The van der Waals surface area contributed by atoms with E-state index in [0.29, 0.717) is 17.9 Å². The molecule has 0 fully saturated rings. The predicted octanol–water partition coefficient (Wildman–Crippen LogP) is 1.90. The van der Waals surface area contributed by atoms with Gasteiger partial charge in [-0.1, -0.05) is 11.6 Å². The maximum atomic E-state index is 12.2. The summed E-state index contributed by atoms with van der Waals surface area (Å²) < 4.78 is 35.6. The number of carbonyl (C=O) groups excluding carboxylic acids is 3. The SMILES string of the molecule is CCOc1ccc(C(=O)NCC(=O)OCC(=O)Nc2cc(S(=O)(=O)N(C)C)ccc2Cl)cc1. The number of sulfonamides is 1. The van der Waals surface area contributed by atoms with E-state index in [1.165, 1.54) is 32.3 Å². The lowest BCUT2D eigenvalue weighted by Gasteiger charge is -2.14. The van der Waals surface area contributed by atoms with E-state index in [1.807, 2.05) is 6.92 Å². The van der Waals surface area contributed by atoms with Crippen molar-refractivity contribution in [3.05, 3.63) is 53.1 Å². The maximum absolute atomic E-state index is 12.2. The maximum Gasteiger partial charge on any atom is 0.325 e. The summed E-state index contributed by atoms with van der Waals surface area (Å²) in [5, 5.41) is 4.89. The Morgan fingerprint density at radius 2 is 1.73 bits per heavy atom. The second-order valence-electron chi connectivity index (χ2n) is 6.78. The molecule has 2 N–H and O–H groups in total. The van der Waals surface area contributed by atoms with Gasteiger partial charge in [-0.25, -0.2) is 12.7 Å². The van der Waals surface area contributed by atoms with E-state index in [0.717, 1.165) is 4.31 Å². The second kappa shape index (κ2) is 11.6. The lowest BCUT2D eigenvalue weighted by Crippen LogP contribution is -2.32. The summed E-state index contributed by atoms with van der Waals surface area (Å²) >= 11 is 6.02. The first kappa shape index (κ1) is 26.1. The number of rotatable bonds is 10. The summed E-state index contributed by atoms with van der Waals surface area (Å²) in [7, 11) is -0.988. The number of nitrogens with one attached hydrogen (secondary N) is 2. The highest BCUT2D eigenvalue weighted by Gasteiger charge is 2.19. The van der Waals surface area contributed by atoms with Crippen molar-refractivity contribution in [2.45, 2.75) is 11.8 Å². The third-order valence-corrected chi connectivity index (χ3v) is 6.32. The molecule has 0 aliphatic carbocycles. The Hall–Kier alpha value is -3.15. The molecule has 10 nitrogen and oxygen atoms in total. The zero-order valence-corrected chi connectivity index (χ0v) is 19.8. The molecule has 0 radical (unpaired) electrons. The molecule has 0 spiro atoms. The average Bonchev–Trinajstić information content (AvgIpc) is 2.78. The van der Waals surface area contributed by atoms with Crippen molar-refractivity contribution in [3.8, 4) is 5.75 Å². The number of hydrogen-bond donors (Lipinski definition) is 2. The van der Waals surface area contributed by atoms with Crippen LogP contribution in [0.4, 0.5) is 5.69 Å². The van der Waals surface area contributed by atoms with Crippen LogP contribution in [0, 0.1) is 0 Å². The van der Waals surface area contributed by atoms with Gasteiger partial charge in [0, 0.05) is 19.7 Å². The fourth-order valence-corrected chi connectivity index (χ4v) is 3.57. The summed E-state index contributed by atoms with van der Waals surface area (Å²) in [5.41, 5.74) is 0.371.